The van der Waals surface area contributed by atoms with Gasteiger partial charge >= 0.3 is 12.1 Å². The molecule has 0 radical (unpaired) electrons. The lowest BCUT2D eigenvalue weighted by Crippen LogP contribution is -2.57. The number of hydrogen-bond donors (Lipinski definition) is 1. The van der Waals surface area contributed by atoms with E-state index in [1.165, 1.54) is 17.0 Å². The number of carbonyl (C=O) groups is 3. The summed E-state index contributed by atoms with van der Waals surface area (Å²) in [4.78, 5) is 43.0. The lowest BCUT2D eigenvalue weighted by molar-refractivity contribution is -0.134. The van der Waals surface area contributed by atoms with Gasteiger partial charge in [0, 0.05) is 25.3 Å². The Balaban J connectivity index is 1.64. The van der Waals surface area contributed by atoms with Gasteiger partial charge in [-0.25, -0.2) is 14.0 Å². The van der Waals surface area contributed by atoms with Crippen molar-refractivity contribution in [3.05, 3.63) is 65.5 Å². The zero-order valence-corrected chi connectivity index (χ0v) is 20.2. The number of nitrogens with zero attached hydrogens (tertiary/aromatic N) is 3. The van der Waals surface area contributed by atoms with Gasteiger partial charge in [0.1, 0.15) is 17.0 Å². The van der Waals surface area contributed by atoms with Crippen LogP contribution in [0, 0.1) is 5.82 Å². The van der Waals surface area contributed by atoms with E-state index in [0.29, 0.717) is 29.7 Å². The lowest BCUT2D eigenvalue weighted by atomic mass is 9.85. The summed E-state index contributed by atoms with van der Waals surface area (Å²) in [5.41, 5.74) is 0.144. The van der Waals surface area contributed by atoms with Crippen LogP contribution in [0.15, 0.2) is 48.5 Å². The molecule has 0 aliphatic carbocycles. The second-order valence-corrected chi connectivity index (χ2v) is 10.0. The summed E-state index contributed by atoms with van der Waals surface area (Å²) in [5, 5.41) is 9.39. The maximum atomic E-state index is 13.9. The van der Waals surface area contributed by atoms with Crippen LogP contribution in [0.2, 0.25) is 0 Å². The molecule has 1 N–H and O–H groups in total. The maximum absolute atomic E-state index is 13.9. The van der Waals surface area contributed by atoms with Crippen molar-refractivity contribution in [3.8, 4) is 0 Å². The fraction of sp³-hybridized carbons (Fsp3) is 0.423. The molecule has 2 heterocycles. The highest BCUT2D eigenvalue weighted by atomic mass is 19.1. The zero-order chi connectivity index (χ0) is 25.4. The van der Waals surface area contributed by atoms with Crippen LogP contribution in [0.4, 0.5) is 14.9 Å². The minimum atomic E-state index is -1.01. The number of rotatable bonds is 4. The predicted molar refractivity (Wildman–Crippen MR) is 127 cm³/mol. The van der Waals surface area contributed by atoms with Gasteiger partial charge in [0.2, 0.25) is 5.91 Å². The molecule has 35 heavy (non-hydrogen) atoms. The number of anilines is 1. The minimum absolute atomic E-state index is 0.133. The number of likely N-dealkylation sites (tertiary alicyclic amines) is 1. The van der Waals surface area contributed by atoms with Gasteiger partial charge in [-0.3, -0.25) is 4.79 Å². The monoisotopic (exact) mass is 483 g/mol. The van der Waals surface area contributed by atoms with Crippen molar-refractivity contribution in [2.75, 3.05) is 24.7 Å². The molecule has 2 fully saturated rings. The van der Waals surface area contributed by atoms with Crippen molar-refractivity contribution in [1.82, 2.24) is 9.80 Å². The van der Waals surface area contributed by atoms with Crippen LogP contribution in [-0.4, -0.2) is 63.8 Å². The Hall–Kier alpha value is -3.62. The molecule has 4 rings (SSSR count). The molecule has 2 aromatic rings. The van der Waals surface area contributed by atoms with E-state index in [-0.39, 0.29) is 38.0 Å². The molecule has 9 heteroatoms. The van der Waals surface area contributed by atoms with Crippen LogP contribution in [-0.2, 0) is 16.1 Å². The van der Waals surface area contributed by atoms with Crippen LogP contribution >= 0.6 is 0 Å². The standard InChI is InChI=1S/C26H30FN3O5/c1-25(2,3)35-22(31)21-7-5-4-6-18(21)16-29-17-30(20-10-8-19(27)9-11-20)26(23(29)32)12-14-28(15-13-26)24(33)34/h4-11H,12-17H2,1-3H3,(H,33,34). The summed E-state index contributed by atoms with van der Waals surface area (Å²) in [6.07, 6.45) is -0.374. The number of ether oxygens (including phenoxy) is 1. The van der Waals surface area contributed by atoms with Crippen molar-refractivity contribution < 1.29 is 28.6 Å². The molecule has 0 atom stereocenters. The molecule has 0 bridgehead atoms. The van der Waals surface area contributed by atoms with Crippen LogP contribution in [0.25, 0.3) is 0 Å². The van der Waals surface area contributed by atoms with E-state index in [1.807, 2.05) is 11.0 Å². The van der Waals surface area contributed by atoms with Gasteiger partial charge in [-0.2, -0.15) is 0 Å². The molecular weight excluding hydrogens is 453 g/mol. The Kier molecular flexibility index (Phi) is 6.44. The number of piperidine rings is 1. The predicted octanol–water partition coefficient (Wildman–Crippen LogP) is 4.10. The third-order valence-corrected chi connectivity index (χ3v) is 6.51. The highest BCUT2D eigenvalue weighted by Gasteiger charge is 2.54. The van der Waals surface area contributed by atoms with Gasteiger partial charge in [-0.15, -0.1) is 0 Å². The molecule has 0 saturated carbocycles. The van der Waals surface area contributed by atoms with Crippen LogP contribution < -0.4 is 4.90 Å². The van der Waals surface area contributed by atoms with Gasteiger partial charge in [0.05, 0.1) is 12.2 Å². The Morgan fingerprint density at radius 2 is 1.69 bits per heavy atom. The first kappa shape index (κ1) is 24.5. The highest BCUT2D eigenvalue weighted by Crippen LogP contribution is 2.40. The van der Waals surface area contributed by atoms with E-state index in [4.69, 9.17) is 4.74 Å². The third-order valence-electron chi connectivity index (χ3n) is 6.51. The second-order valence-electron chi connectivity index (χ2n) is 10.0. The Labute approximate surface area is 203 Å². The summed E-state index contributed by atoms with van der Waals surface area (Å²) in [6.45, 7) is 6.26. The fourth-order valence-electron chi connectivity index (χ4n) is 4.80. The number of hydrogen-bond acceptors (Lipinski definition) is 5. The van der Waals surface area contributed by atoms with E-state index < -0.39 is 23.2 Å². The van der Waals surface area contributed by atoms with E-state index in [2.05, 4.69) is 0 Å². The molecule has 2 amide bonds. The number of amides is 2. The highest BCUT2D eigenvalue weighted by molar-refractivity contribution is 5.95. The largest absolute Gasteiger partial charge is 0.465 e. The van der Waals surface area contributed by atoms with Crippen molar-refractivity contribution in [1.29, 1.82) is 0 Å². The average Bonchev–Trinajstić information content (AvgIpc) is 3.05. The summed E-state index contributed by atoms with van der Waals surface area (Å²) >= 11 is 0. The molecule has 2 saturated heterocycles. The summed E-state index contributed by atoms with van der Waals surface area (Å²) in [5.74, 6) is -0.970. The van der Waals surface area contributed by atoms with Gasteiger partial charge < -0.3 is 24.5 Å². The Bertz CT molecular complexity index is 1120. The summed E-state index contributed by atoms with van der Waals surface area (Å²) < 4.78 is 19.2. The van der Waals surface area contributed by atoms with Gasteiger partial charge in [-0.1, -0.05) is 18.2 Å². The smallest absolute Gasteiger partial charge is 0.407 e. The quantitative estimate of drug-likeness (QED) is 0.659. The average molecular weight is 484 g/mol. The minimum Gasteiger partial charge on any atom is -0.465 e. The van der Waals surface area contributed by atoms with Gasteiger partial charge in [-0.05, 0) is 69.5 Å². The lowest BCUT2D eigenvalue weighted by Gasteiger charge is -2.42. The van der Waals surface area contributed by atoms with Crippen LogP contribution in [0.5, 0.6) is 0 Å². The molecular formula is C26H30FN3O5. The third kappa shape index (κ3) is 4.94. The molecule has 2 aliphatic rings. The molecule has 1 spiro atoms. The number of carbonyl (C=O) groups excluding carboxylic acids is 2. The first-order chi connectivity index (χ1) is 16.5. The second kappa shape index (κ2) is 9.20. The SMILES string of the molecule is CC(C)(C)OC(=O)c1ccccc1CN1CN(c2ccc(F)cc2)C2(CCN(C(=O)O)CC2)C1=O. The van der Waals surface area contributed by atoms with E-state index in [1.54, 1.807) is 56.0 Å². The Morgan fingerprint density at radius 1 is 1.06 bits per heavy atom. The summed E-state index contributed by atoms with van der Waals surface area (Å²) in [7, 11) is 0. The van der Waals surface area contributed by atoms with Crippen molar-refractivity contribution in [2.24, 2.45) is 0 Å². The molecule has 0 aromatic heterocycles. The van der Waals surface area contributed by atoms with Crippen molar-refractivity contribution in [3.63, 3.8) is 0 Å². The van der Waals surface area contributed by atoms with Crippen LogP contribution in [0.3, 0.4) is 0 Å². The van der Waals surface area contributed by atoms with Gasteiger partial charge in [0.15, 0.2) is 0 Å². The van der Waals surface area contributed by atoms with Crippen molar-refractivity contribution >= 4 is 23.7 Å². The topological polar surface area (TPSA) is 90.4 Å². The first-order valence-electron chi connectivity index (χ1n) is 11.6. The maximum Gasteiger partial charge on any atom is 0.407 e. The number of carboxylic acid groups (broad SMARTS) is 1. The number of benzene rings is 2. The van der Waals surface area contributed by atoms with Gasteiger partial charge in [0.25, 0.3) is 0 Å². The first-order valence-corrected chi connectivity index (χ1v) is 11.6. The normalized spacial score (nSPS) is 17.7. The summed E-state index contributed by atoms with van der Waals surface area (Å²) in [6, 6.07) is 13.0. The number of halogens is 1. The molecule has 186 valence electrons. The number of esters is 1. The van der Waals surface area contributed by atoms with Crippen molar-refractivity contribution in [2.45, 2.75) is 51.3 Å². The fourth-order valence-corrected chi connectivity index (χ4v) is 4.80. The van der Waals surface area contributed by atoms with E-state index >= 15 is 0 Å². The molecule has 8 nitrogen and oxygen atoms in total. The Morgan fingerprint density at radius 3 is 2.29 bits per heavy atom. The van der Waals surface area contributed by atoms with E-state index in [0.717, 1.165) is 0 Å². The molecule has 2 aromatic carbocycles. The zero-order valence-electron chi connectivity index (χ0n) is 20.2. The van der Waals surface area contributed by atoms with Crippen LogP contribution in [0.1, 0.15) is 49.5 Å². The van der Waals surface area contributed by atoms with E-state index in [9.17, 15) is 23.9 Å². The molecule has 2 aliphatic heterocycles. The molecule has 0 unspecified atom stereocenters.